The van der Waals surface area contributed by atoms with E-state index in [2.05, 4.69) is 10.3 Å². The van der Waals surface area contributed by atoms with Crippen molar-refractivity contribution in [3.8, 4) is 11.5 Å². The number of nitrogens with one attached hydrogen (secondary N) is 1. The van der Waals surface area contributed by atoms with Crippen molar-refractivity contribution < 1.29 is 14.3 Å². The van der Waals surface area contributed by atoms with Crippen LogP contribution in [0.4, 0.5) is 0 Å². The average Bonchev–Trinajstić information content (AvgIpc) is 2.97. The summed E-state index contributed by atoms with van der Waals surface area (Å²) in [7, 11) is 3.16. The van der Waals surface area contributed by atoms with Crippen molar-refractivity contribution in [3.05, 3.63) is 64.9 Å². The molecule has 0 unspecified atom stereocenters. The molecule has 5 nitrogen and oxygen atoms in total. The lowest BCUT2D eigenvalue weighted by molar-refractivity contribution is -0.115. The third kappa shape index (κ3) is 3.15. The SMILES string of the molecule is COc1cc(OC)cc(C2=N/C(=C\c3ccccc3C)C(=O)N2)c1. The number of benzene rings is 2. The smallest absolute Gasteiger partial charge is 0.275 e. The molecule has 0 saturated heterocycles. The van der Waals surface area contributed by atoms with Gasteiger partial charge < -0.3 is 14.8 Å². The van der Waals surface area contributed by atoms with Gasteiger partial charge in [0, 0.05) is 11.6 Å². The number of methoxy groups -OCH3 is 2. The van der Waals surface area contributed by atoms with Gasteiger partial charge in [-0.3, -0.25) is 4.79 Å². The Kier molecular flexibility index (Phi) is 4.33. The predicted molar refractivity (Wildman–Crippen MR) is 93.4 cm³/mol. The summed E-state index contributed by atoms with van der Waals surface area (Å²) in [5.74, 6) is 1.53. The van der Waals surface area contributed by atoms with Crippen molar-refractivity contribution in [2.45, 2.75) is 6.92 Å². The number of hydrogen-bond donors (Lipinski definition) is 1. The highest BCUT2D eigenvalue weighted by molar-refractivity contribution is 6.20. The highest BCUT2D eigenvalue weighted by Gasteiger charge is 2.22. The molecule has 0 spiro atoms. The number of nitrogens with zero attached hydrogens (tertiary/aromatic N) is 1. The number of aryl methyl sites for hydroxylation is 1. The van der Waals surface area contributed by atoms with Crippen molar-refractivity contribution >= 4 is 17.8 Å². The molecule has 1 aliphatic rings. The van der Waals surface area contributed by atoms with E-state index >= 15 is 0 Å². The second-order valence-corrected chi connectivity index (χ2v) is 5.40. The molecule has 24 heavy (non-hydrogen) atoms. The van der Waals surface area contributed by atoms with E-state index in [0.29, 0.717) is 23.0 Å². The van der Waals surface area contributed by atoms with E-state index in [1.165, 1.54) is 0 Å². The van der Waals surface area contributed by atoms with E-state index in [1.54, 1.807) is 38.5 Å². The molecule has 2 aromatic rings. The second-order valence-electron chi connectivity index (χ2n) is 5.40. The first-order valence-corrected chi connectivity index (χ1v) is 7.51. The summed E-state index contributed by atoms with van der Waals surface area (Å²) in [5, 5.41) is 2.79. The van der Waals surface area contributed by atoms with E-state index < -0.39 is 0 Å². The van der Waals surface area contributed by atoms with Crippen molar-refractivity contribution in [3.63, 3.8) is 0 Å². The van der Waals surface area contributed by atoms with Crippen LogP contribution < -0.4 is 14.8 Å². The van der Waals surface area contributed by atoms with Gasteiger partial charge in [-0.15, -0.1) is 0 Å². The van der Waals surface area contributed by atoms with Gasteiger partial charge in [0.15, 0.2) is 0 Å². The monoisotopic (exact) mass is 322 g/mol. The van der Waals surface area contributed by atoms with Crippen LogP contribution in [0.1, 0.15) is 16.7 Å². The third-order valence-corrected chi connectivity index (χ3v) is 3.80. The normalized spacial score (nSPS) is 15.2. The van der Waals surface area contributed by atoms with Crippen LogP contribution in [-0.2, 0) is 4.79 Å². The number of carbonyl (C=O) groups excluding carboxylic acids is 1. The lowest BCUT2D eigenvalue weighted by Crippen LogP contribution is -2.24. The topological polar surface area (TPSA) is 59.9 Å². The fourth-order valence-corrected chi connectivity index (χ4v) is 2.45. The van der Waals surface area contributed by atoms with Gasteiger partial charge in [0.05, 0.1) is 14.2 Å². The Morgan fingerprint density at radius 1 is 1.04 bits per heavy atom. The molecule has 0 bridgehead atoms. The maximum atomic E-state index is 12.2. The molecular formula is C19H18N2O3. The molecule has 122 valence electrons. The molecule has 0 saturated carbocycles. The van der Waals surface area contributed by atoms with Gasteiger partial charge in [-0.25, -0.2) is 4.99 Å². The largest absolute Gasteiger partial charge is 0.497 e. The lowest BCUT2D eigenvalue weighted by atomic mass is 10.1. The third-order valence-electron chi connectivity index (χ3n) is 3.80. The van der Waals surface area contributed by atoms with Gasteiger partial charge in [-0.2, -0.15) is 0 Å². The molecule has 3 rings (SSSR count). The zero-order chi connectivity index (χ0) is 17.1. The Bertz CT molecular complexity index is 831. The second kappa shape index (κ2) is 6.58. The van der Waals surface area contributed by atoms with Crippen molar-refractivity contribution in [1.29, 1.82) is 0 Å². The fourth-order valence-electron chi connectivity index (χ4n) is 2.45. The Balaban J connectivity index is 1.99. The molecule has 0 atom stereocenters. The Labute approximate surface area is 140 Å². The van der Waals surface area contributed by atoms with E-state index in [-0.39, 0.29) is 5.91 Å². The number of ether oxygens (including phenoxy) is 2. The first kappa shape index (κ1) is 15.8. The molecule has 0 aromatic heterocycles. The summed E-state index contributed by atoms with van der Waals surface area (Å²) >= 11 is 0. The Hall–Kier alpha value is -3.08. The summed E-state index contributed by atoms with van der Waals surface area (Å²) in [6.07, 6.45) is 1.79. The Morgan fingerprint density at radius 3 is 2.33 bits per heavy atom. The number of rotatable bonds is 4. The van der Waals surface area contributed by atoms with Crippen LogP contribution in [0.2, 0.25) is 0 Å². The molecular weight excluding hydrogens is 304 g/mol. The summed E-state index contributed by atoms with van der Waals surface area (Å²) < 4.78 is 10.5. The zero-order valence-corrected chi connectivity index (χ0v) is 13.8. The number of aliphatic imine (C=N–C) groups is 1. The first-order valence-electron chi connectivity index (χ1n) is 7.51. The van der Waals surface area contributed by atoms with Gasteiger partial charge in [-0.05, 0) is 36.3 Å². The number of hydrogen-bond acceptors (Lipinski definition) is 4. The lowest BCUT2D eigenvalue weighted by Gasteiger charge is -2.08. The minimum absolute atomic E-state index is 0.227. The van der Waals surface area contributed by atoms with Gasteiger partial charge in [0.25, 0.3) is 5.91 Å². The zero-order valence-electron chi connectivity index (χ0n) is 13.8. The molecule has 0 fully saturated rings. The van der Waals surface area contributed by atoms with Crippen LogP contribution in [0, 0.1) is 6.92 Å². The minimum atomic E-state index is -0.227. The maximum absolute atomic E-state index is 12.2. The van der Waals surface area contributed by atoms with Crippen LogP contribution in [-0.4, -0.2) is 26.0 Å². The summed E-state index contributed by atoms with van der Waals surface area (Å²) in [6, 6.07) is 13.2. The van der Waals surface area contributed by atoms with Gasteiger partial charge in [-0.1, -0.05) is 24.3 Å². The summed E-state index contributed by atoms with van der Waals surface area (Å²) in [5.41, 5.74) is 3.16. The Morgan fingerprint density at radius 2 is 1.71 bits per heavy atom. The van der Waals surface area contributed by atoms with E-state index in [1.807, 2.05) is 31.2 Å². The summed E-state index contributed by atoms with van der Waals surface area (Å²) in [6.45, 7) is 2.00. The number of amides is 1. The molecule has 0 radical (unpaired) electrons. The van der Waals surface area contributed by atoms with E-state index in [9.17, 15) is 4.79 Å². The molecule has 1 amide bonds. The molecule has 0 aliphatic carbocycles. The van der Waals surface area contributed by atoms with Crippen LogP contribution in [0.15, 0.2) is 53.2 Å². The molecule has 1 heterocycles. The summed E-state index contributed by atoms with van der Waals surface area (Å²) in [4.78, 5) is 16.7. The van der Waals surface area contributed by atoms with Crippen LogP contribution >= 0.6 is 0 Å². The molecule has 5 heteroatoms. The fraction of sp³-hybridized carbons (Fsp3) is 0.158. The molecule has 1 aliphatic heterocycles. The molecule has 1 N–H and O–H groups in total. The standard InChI is InChI=1S/C19H18N2O3/c1-12-6-4-5-7-13(12)10-17-19(22)21-18(20-17)14-8-15(23-2)11-16(9-14)24-3/h4-11H,1-3H3,(H,20,21,22)/b17-10-. The minimum Gasteiger partial charge on any atom is -0.497 e. The highest BCUT2D eigenvalue weighted by atomic mass is 16.5. The van der Waals surface area contributed by atoms with Gasteiger partial charge in [0.2, 0.25) is 0 Å². The van der Waals surface area contributed by atoms with Crippen LogP contribution in [0.5, 0.6) is 11.5 Å². The highest BCUT2D eigenvalue weighted by Crippen LogP contribution is 2.24. The number of carbonyl (C=O) groups is 1. The van der Waals surface area contributed by atoms with Crippen molar-refractivity contribution in [1.82, 2.24) is 5.32 Å². The van der Waals surface area contributed by atoms with Crippen LogP contribution in [0.25, 0.3) is 6.08 Å². The average molecular weight is 322 g/mol. The quantitative estimate of drug-likeness (QED) is 0.881. The van der Waals surface area contributed by atoms with Gasteiger partial charge in [0.1, 0.15) is 23.0 Å². The van der Waals surface area contributed by atoms with Crippen molar-refractivity contribution in [2.75, 3.05) is 14.2 Å². The number of amidine groups is 1. The van der Waals surface area contributed by atoms with E-state index in [0.717, 1.165) is 16.7 Å². The van der Waals surface area contributed by atoms with Gasteiger partial charge >= 0.3 is 0 Å². The van der Waals surface area contributed by atoms with Crippen LogP contribution in [0.3, 0.4) is 0 Å². The predicted octanol–water partition coefficient (Wildman–Crippen LogP) is 2.93. The first-order chi connectivity index (χ1) is 11.6. The molecule has 2 aromatic carbocycles. The van der Waals surface area contributed by atoms with E-state index in [4.69, 9.17) is 9.47 Å². The maximum Gasteiger partial charge on any atom is 0.275 e. The van der Waals surface area contributed by atoms with Crippen molar-refractivity contribution in [2.24, 2.45) is 4.99 Å².